The van der Waals surface area contributed by atoms with Gasteiger partial charge >= 0.3 is 12.2 Å². The van der Waals surface area contributed by atoms with Crippen LogP contribution in [0.15, 0.2) is 24.0 Å². The Morgan fingerprint density at radius 2 is 1.85 bits per heavy atom. The lowest BCUT2D eigenvalue weighted by Gasteiger charge is -2.31. The molecular formula is C39H46F4N8O3. The predicted molar refractivity (Wildman–Crippen MR) is 194 cm³/mol. The van der Waals surface area contributed by atoms with Gasteiger partial charge in [-0.1, -0.05) is 5.92 Å². The summed E-state index contributed by atoms with van der Waals surface area (Å²) in [5.41, 5.74) is 9.52. The van der Waals surface area contributed by atoms with Gasteiger partial charge in [0.15, 0.2) is 5.69 Å². The number of aryl methyl sites for hydroxylation is 1. The van der Waals surface area contributed by atoms with Crippen molar-refractivity contribution in [3.8, 4) is 17.9 Å². The van der Waals surface area contributed by atoms with E-state index in [0.29, 0.717) is 48.4 Å². The number of rotatable bonds is 4. The maximum atomic E-state index is 14.3. The molecule has 5 aliphatic rings. The first-order valence-electron chi connectivity index (χ1n) is 18.6. The zero-order chi connectivity index (χ0) is 38.1. The van der Waals surface area contributed by atoms with Gasteiger partial charge in [-0.25, -0.2) is 4.39 Å². The van der Waals surface area contributed by atoms with Crippen molar-refractivity contribution in [1.82, 2.24) is 29.5 Å². The van der Waals surface area contributed by atoms with Crippen molar-refractivity contribution in [2.45, 2.75) is 96.8 Å². The number of hydrogen-bond donors (Lipinski definition) is 1. The SMILES string of the molecule is CC#Cc1cc(N)cc(C2Cc3nc(OC)nc(N4CCCn5nc(C(=O)N6CCCC6)c(C)c5C4)c3CO2)c1C(F)(F)F.F/C=C1/CC2CCCN2C1. The molecule has 0 aliphatic carbocycles. The highest BCUT2D eigenvalue weighted by molar-refractivity contribution is 5.94. The van der Waals surface area contributed by atoms with E-state index in [0.717, 1.165) is 68.5 Å². The number of aromatic nitrogens is 4. The second-order valence-electron chi connectivity index (χ2n) is 14.5. The number of halogens is 4. The van der Waals surface area contributed by atoms with Crippen LogP contribution in [0.4, 0.5) is 29.1 Å². The molecule has 2 unspecified atom stereocenters. The second kappa shape index (κ2) is 15.6. The van der Waals surface area contributed by atoms with Gasteiger partial charge in [-0.15, -0.1) is 5.92 Å². The first kappa shape index (κ1) is 37.6. The minimum atomic E-state index is -4.66. The number of carbonyl (C=O) groups excluding carboxylic acids is 1. The number of carbonyl (C=O) groups is 1. The largest absolute Gasteiger partial charge is 0.467 e. The molecule has 8 rings (SSSR count). The van der Waals surface area contributed by atoms with Crippen LogP contribution in [0.2, 0.25) is 0 Å². The molecule has 3 saturated heterocycles. The van der Waals surface area contributed by atoms with Crippen molar-refractivity contribution < 1.29 is 31.8 Å². The molecule has 0 bridgehead atoms. The number of ether oxygens (including phenoxy) is 2. The van der Waals surface area contributed by atoms with Crippen LogP contribution in [-0.2, 0) is 37.0 Å². The number of likely N-dealkylation sites (tertiary alicyclic amines) is 1. The minimum Gasteiger partial charge on any atom is -0.467 e. The Morgan fingerprint density at radius 3 is 2.56 bits per heavy atom. The first-order valence-corrected chi connectivity index (χ1v) is 18.6. The molecule has 0 radical (unpaired) electrons. The topological polar surface area (TPSA) is 115 Å². The molecule has 2 aromatic heterocycles. The number of anilines is 2. The molecule has 3 aromatic rings. The van der Waals surface area contributed by atoms with Crippen LogP contribution in [-0.4, -0.2) is 81.3 Å². The molecule has 1 amide bonds. The lowest BCUT2D eigenvalue weighted by molar-refractivity contribution is -0.140. The number of hydrogen-bond acceptors (Lipinski definition) is 9. The van der Waals surface area contributed by atoms with Crippen LogP contribution < -0.4 is 15.4 Å². The van der Waals surface area contributed by atoms with Gasteiger partial charge in [0.1, 0.15) is 5.82 Å². The average Bonchev–Trinajstić information content (AvgIpc) is 3.94. The van der Waals surface area contributed by atoms with Gasteiger partial charge in [-0.3, -0.25) is 14.4 Å². The number of alkyl halides is 3. The minimum absolute atomic E-state index is 0.00630. The second-order valence-corrected chi connectivity index (χ2v) is 14.5. The van der Waals surface area contributed by atoms with Crippen molar-refractivity contribution >= 4 is 17.4 Å². The predicted octanol–water partition coefficient (Wildman–Crippen LogP) is 6.13. The van der Waals surface area contributed by atoms with E-state index in [4.69, 9.17) is 20.3 Å². The summed E-state index contributed by atoms with van der Waals surface area (Å²) in [6, 6.07) is 3.33. The number of amides is 1. The van der Waals surface area contributed by atoms with Crippen LogP contribution in [0.1, 0.15) is 101 Å². The van der Waals surface area contributed by atoms with Crippen LogP contribution in [0.3, 0.4) is 0 Å². The average molecular weight is 751 g/mol. The van der Waals surface area contributed by atoms with Crippen molar-refractivity contribution in [3.63, 3.8) is 0 Å². The number of nitrogens with zero attached hydrogens (tertiary/aromatic N) is 7. The van der Waals surface area contributed by atoms with Gasteiger partial charge in [-0.2, -0.15) is 28.2 Å². The molecule has 15 heteroatoms. The normalized spacial score (nSPS) is 21.8. The van der Waals surface area contributed by atoms with E-state index in [9.17, 15) is 22.4 Å². The molecule has 288 valence electrons. The standard InChI is InChI=1S/C31H34F3N7O3.C8H12FN/c1-4-8-19-13-20(35)14-21(26(19)31(32,33)34)25-15-23-22(17-44-25)28(37-30(36-23)43-3)40-11-7-12-41-24(16-40)18(2)27(38-41)29(42)39-9-5-6-10-39;9-5-7-4-8-2-1-3-10(8)6-7/h13-14,25H,5-7,9-12,15-17,35H2,1-3H3;5,8H,1-4,6H2/b;7-5-. The Morgan fingerprint density at radius 1 is 1.06 bits per heavy atom. The summed E-state index contributed by atoms with van der Waals surface area (Å²) < 4.78 is 68.5. The molecule has 54 heavy (non-hydrogen) atoms. The summed E-state index contributed by atoms with van der Waals surface area (Å²) in [4.78, 5) is 28.7. The van der Waals surface area contributed by atoms with Gasteiger partial charge < -0.3 is 25.0 Å². The van der Waals surface area contributed by atoms with E-state index >= 15 is 0 Å². The Kier molecular flexibility index (Phi) is 10.9. The fraction of sp³-hybridized carbons (Fsp3) is 0.538. The molecule has 1 aromatic carbocycles. The molecule has 5 aliphatic heterocycles. The van der Waals surface area contributed by atoms with E-state index < -0.39 is 17.8 Å². The summed E-state index contributed by atoms with van der Waals surface area (Å²) in [5.74, 6) is 5.65. The van der Waals surface area contributed by atoms with E-state index in [-0.39, 0.29) is 41.8 Å². The molecule has 2 atom stereocenters. The number of benzene rings is 1. The fourth-order valence-electron chi connectivity index (χ4n) is 8.41. The van der Waals surface area contributed by atoms with Gasteiger partial charge in [0.25, 0.3) is 5.91 Å². The van der Waals surface area contributed by atoms with Crippen molar-refractivity contribution in [2.75, 3.05) is 50.5 Å². The van der Waals surface area contributed by atoms with Gasteiger partial charge in [0, 0.05) is 67.6 Å². The Labute approximate surface area is 312 Å². The zero-order valence-electron chi connectivity index (χ0n) is 30.9. The number of methoxy groups -OCH3 is 1. The number of nitrogens with two attached hydrogens (primary N) is 1. The molecule has 7 heterocycles. The molecule has 2 N–H and O–H groups in total. The molecular weight excluding hydrogens is 704 g/mol. The van der Waals surface area contributed by atoms with Crippen LogP contribution >= 0.6 is 0 Å². The maximum Gasteiger partial charge on any atom is 0.417 e. The number of fused-ring (bicyclic) bond motifs is 3. The van der Waals surface area contributed by atoms with Crippen LogP contribution in [0.5, 0.6) is 6.01 Å². The third kappa shape index (κ3) is 7.50. The van der Waals surface area contributed by atoms with Gasteiger partial charge in [0.2, 0.25) is 0 Å². The Bertz CT molecular complexity index is 1980. The summed E-state index contributed by atoms with van der Waals surface area (Å²) in [6.07, 6.45) is 1.54. The Balaban J connectivity index is 0.000000386. The molecule has 0 spiro atoms. The van der Waals surface area contributed by atoms with Crippen molar-refractivity contribution in [2.24, 2.45) is 0 Å². The fourth-order valence-corrected chi connectivity index (χ4v) is 8.41. The maximum absolute atomic E-state index is 14.3. The first-order chi connectivity index (χ1) is 26.0. The smallest absolute Gasteiger partial charge is 0.417 e. The summed E-state index contributed by atoms with van der Waals surface area (Å²) >= 11 is 0. The van der Waals surface area contributed by atoms with Crippen LogP contribution in [0.25, 0.3) is 0 Å². The molecule has 0 saturated carbocycles. The summed E-state index contributed by atoms with van der Waals surface area (Å²) in [5, 5.41) is 4.71. The third-order valence-corrected chi connectivity index (χ3v) is 11.0. The Hall–Kier alpha value is -4.68. The molecule has 3 fully saturated rings. The highest BCUT2D eigenvalue weighted by Gasteiger charge is 2.40. The lowest BCUT2D eigenvalue weighted by Crippen LogP contribution is -2.30. The van der Waals surface area contributed by atoms with E-state index in [1.807, 2.05) is 16.5 Å². The monoisotopic (exact) mass is 750 g/mol. The van der Waals surface area contributed by atoms with Gasteiger partial charge in [-0.05, 0) is 82.2 Å². The highest BCUT2D eigenvalue weighted by atomic mass is 19.4. The summed E-state index contributed by atoms with van der Waals surface area (Å²) in [6.45, 7) is 8.68. The van der Waals surface area contributed by atoms with E-state index in [1.165, 1.54) is 45.6 Å². The molecule has 11 nitrogen and oxygen atoms in total. The van der Waals surface area contributed by atoms with E-state index in [1.54, 1.807) is 0 Å². The van der Waals surface area contributed by atoms with Crippen molar-refractivity contribution in [1.29, 1.82) is 0 Å². The van der Waals surface area contributed by atoms with Gasteiger partial charge in [0.05, 0.1) is 49.6 Å². The van der Waals surface area contributed by atoms with Crippen molar-refractivity contribution in [3.05, 3.63) is 68.9 Å². The third-order valence-electron chi connectivity index (χ3n) is 11.0. The van der Waals surface area contributed by atoms with E-state index in [2.05, 4.69) is 31.6 Å². The highest BCUT2D eigenvalue weighted by Crippen LogP contribution is 2.43. The number of nitrogen functional groups attached to an aromatic ring is 1. The quantitative estimate of drug-likeness (QED) is 0.191. The van der Waals surface area contributed by atoms with Crippen LogP contribution in [0, 0.1) is 18.8 Å². The lowest BCUT2D eigenvalue weighted by atomic mass is 9.91. The zero-order valence-corrected chi connectivity index (χ0v) is 30.9. The summed E-state index contributed by atoms with van der Waals surface area (Å²) in [7, 11) is 1.45.